The van der Waals surface area contributed by atoms with E-state index in [1.54, 1.807) is 0 Å². The molecule has 0 N–H and O–H groups in total. The van der Waals surface area contributed by atoms with E-state index < -0.39 is 0 Å². The second-order valence-electron chi connectivity index (χ2n) is 15.6. The van der Waals surface area contributed by atoms with Gasteiger partial charge in [0.1, 0.15) is 0 Å². The highest BCUT2D eigenvalue weighted by Crippen LogP contribution is 2.40. The summed E-state index contributed by atoms with van der Waals surface area (Å²) in [7, 11) is 0. The van der Waals surface area contributed by atoms with Crippen LogP contribution in [0, 0.1) is 0 Å². The van der Waals surface area contributed by atoms with Crippen LogP contribution < -0.4 is 0 Å². The van der Waals surface area contributed by atoms with Crippen LogP contribution >= 0.6 is 0 Å². The highest BCUT2D eigenvalue weighted by atomic mass is 15.0. The molecule has 62 heavy (non-hydrogen) atoms. The van der Waals surface area contributed by atoms with Crippen LogP contribution in [-0.2, 0) is 0 Å². The molecule has 0 fully saturated rings. The van der Waals surface area contributed by atoms with Crippen LogP contribution in [0.2, 0.25) is 0 Å². The molecule has 5 nitrogen and oxygen atoms in total. The summed E-state index contributed by atoms with van der Waals surface area (Å²) in [6.45, 7) is 0. The molecule has 0 atom stereocenters. The van der Waals surface area contributed by atoms with Crippen molar-refractivity contribution in [3.8, 4) is 67.8 Å². The second-order valence-corrected chi connectivity index (χ2v) is 15.6. The van der Waals surface area contributed by atoms with Gasteiger partial charge in [0.2, 0.25) is 0 Å². The topological polar surface area (TPSA) is 48.5 Å². The zero-order valence-electron chi connectivity index (χ0n) is 33.6. The van der Waals surface area contributed by atoms with Gasteiger partial charge in [-0.05, 0) is 53.1 Å². The Labute approximate surface area is 358 Å². The van der Waals surface area contributed by atoms with E-state index in [1.165, 1.54) is 38.1 Å². The third-order valence-corrected chi connectivity index (χ3v) is 12.0. The van der Waals surface area contributed by atoms with Crippen molar-refractivity contribution in [3.05, 3.63) is 224 Å². The Morgan fingerprint density at radius 2 is 0.661 bits per heavy atom. The van der Waals surface area contributed by atoms with E-state index in [9.17, 15) is 0 Å². The Bertz CT molecular complexity index is 3550. The van der Waals surface area contributed by atoms with Gasteiger partial charge in [0.25, 0.3) is 0 Å². The molecule has 0 unspecified atom stereocenters. The van der Waals surface area contributed by atoms with Crippen LogP contribution in [0.3, 0.4) is 0 Å². The van der Waals surface area contributed by atoms with Crippen LogP contribution in [0.15, 0.2) is 224 Å². The van der Waals surface area contributed by atoms with Gasteiger partial charge in [-0.1, -0.05) is 188 Å². The van der Waals surface area contributed by atoms with Gasteiger partial charge in [0.05, 0.1) is 27.8 Å². The number of hydrogen-bond acceptors (Lipinski definition) is 3. The molecule has 3 heterocycles. The maximum absolute atomic E-state index is 5.22. The Kier molecular flexibility index (Phi) is 8.42. The third-order valence-electron chi connectivity index (χ3n) is 12.0. The van der Waals surface area contributed by atoms with Gasteiger partial charge in [-0.15, -0.1) is 0 Å². The number of para-hydroxylation sites is 3. The fourth-order valence-corrected chi connectivity index (χ4v) is 9.07. The molecule has 0 bridgehead atoms. The molecule has 0 saturated heterocycles. The summed E-state index contributed by atoms with van der Waals surface area (Å²) >= 11 is 0. The van der Waals surface area contributed by atoms with Gasteiger partial charge in [0, 0.05) is 49.5 Å². The maximum Gasteiger partial charge on any atom is 0.164 e. The number of benzene rings is 9. The molecule has 0 aliphatic carbocycles. The standard InChI is InChI=1S/C57H37N5/c1-4-16-38(17-5-1)39-28-30-42(31-29-39)56-58-55(41-20-8-3-9-21-41)59-57(60-56)43-32-34-45(40-18-6-2-7-19-40)53(36-43)62-52-27-15-12-24-48(52)49-35-33-44(37-54(49)62)61-50-25-13-10-22-46(50)47-23-11-14-26-51(47)61/h1-37H. The Hall–Kier alpha value is -8.41. The highest BCUT2D eigenvalue weighted by molar-refractivity contribution is 6.12. The zero-order chi connectivity index (χ0) is 41.0. The monoisotopic (exact) mass is 791 g/mol. The minimum absolute atomic E-state index is 0.605. The van der Waals surface area contributed by atoms with Gasteiger partial charge in [0.15, 0.2) is 17.5 Å². The van der Waals surface area contributed by atoms with E-state index >= 15 is 0 Å². The first kappa shape index (κ1) is 35.5. The van der Waals surface area contributed by atoms with E-state index in [1.807, 2.05) is 24.3 Å². The quantitative estimate of drug-likeness (QED) is 0.162. The molecule has 0 radical (unpaired) electrons. The lowest BCUT2D eigenvalue weighted by Gasteiger charge is -2.17. The summed E-state index contributed by atoms with van der Waals surface area (Å²) in [6.07, 6.45) is 0. The predicted molar refractivity (Wildman–Crippen MR) is 256 cm³/mol. The first-order chi connectivity index (χ1) is 30.7. The Balaban J connectivity index is 1.09. The lowest BCUT2D eigenvalue weighted by atomic mass is 10.0. The first-order valence-corrected chi connectivity index (χ1v) is 20.9. The lowest BCUT2D eigenvalue weighted by Crippen LogP contribution is -2.02. The van der Waals surface area contributed by atoms with Crippen LogP contribution in [0.1, 0.15) is 0 Å². The summed E-state index contributed by atoms with van der Waals surface area (Å²) in [5.41, 5.74) is 14.0. The largest absolute Gasteiger partial charge is 0.309 e. The van der Waals surface area contributed by atoms with Crippen molar-refractivity contribution in [3.63, 3.8) is 0 Å². The third kappa shape index (κ3) is 5.98. The van der Waals surface area contributed by atoms with Crippen molar-refractivity contribution in [2.24, 2.45) is 0 Å². The van der Waals surface area contributed by atoms with Gasteiger partial charge < -0.3 is 9.13 Å². The smallest absolute Gasteiger partial charge is 0.164 e. The minimum Gasteiger partial charge on any atom is -0.309 e. The number of nitrogens with zero attached hydrogens (tertiary/aromatic N) is 5. The van der Waals surface area contributed by atoms with Gasteiger partial charge in [-0.2, -0.15) is 0 Å². The van der Waals surface area contributed by atoms with E-state index in [-0.39, 0.29) is 0 Å². The molecule has 0 amide bonds. The van der Waals surface area contributed by atoms with Crippen molar-refractivity contribution in [1.29, 1.82) is 0 Å². The molecular weight excluding hydrogens is 755 g/mol. The normalized spacial score (nSPS) is 11.5. The molecule has 9 aromatic carbocycles. The van der Waals surface area contributed by atoms with E-state index in [0.29, 0.717) is 17.5 Å². The van der Waals surface area contributed by atoms with Crippen molar-refractivity contribution < 1.29 is 0 Å². The minimum atomic E-state index is 0.605. The summed E-state index contributed by atoms with van der Waals surface area (Å²) in [6, 6.07) is 79.3. The molecule has 0 spiro atoms. The Morgan fingerprint density at radius 1 is 0.258 bits per heavy atom. The molecule has 12 rings (SSSR count). The zero-order valence-corrected chi connectivity index (χ0v) is 33.6. The lowest BCUT2D eigenvalue weighted by molar-refractivity contribution is 1.07. The van der Waals surface area contributed by atoms with Crippen LogP contribution in [-0.4, -0.2) is 24.1 Å². The molecule has 0 saturated carbocycles. The van der Waals surface area contributed by atoms with E-state index in [0.717, 1.165) is 55.8 Å². The van der Waals surface area contributed by atoms with Crippen LogP contribution in [0.25, 0.3) is 111 Å². The summed E-state index contributed by atoms with van der Waals surface area (Å²) < 4.78 is 4.82. The van der Waals surface area contributed by atoms with E-state index in [4.69, 9.17) is 15.0 Å². The number of fused-ring (bicyclic) bond motifs is 6. The van der Waals surface area contributed by atoms with Gasteiger partial charge >= 0.3 is 0 Å². The number of hydrogen-bond donors (Lipinski definition) is 0. The van der Waals surface area contributed by atoms with Crippen LogP contribution in [0.5, 0.6) is 0 Å². The fraction of sp³-hybridized carbons (Fsp3) is 0. The van der Waals surface area contributed by atoms with Crippen molar-refractivity contribution >= 4 is 43.6 Å². The molecule has 0 aliphatic rings. The highest BCUT2D eigenvalue weighted by Gasteiger charge is 2.21. The fourth-order valence-electron chi connectivity index (χ4n) is 9.07. The molecule has 0 aliphatic heterocycles. The first-order valence-electron chi connectivity index (χ1n) is 20.9. The molecule has 5 heteroatoms. The number of aromatic nitrogens is 5. The number of rotatable bonds is 7. The van der Waals surface area contributed by atoms with Crippen molar-refractivity contribution in [2.45, 2.75) is 0 Å². The van der Waals surface area contributed by atoms with E-state index in [2.05, 4.69) is 209 Å². The van der Waals surface area contributed by atoms with Crippen molar-refractivity contribution in [1.82, 2.24) is 24.1 Å². The molecule has 290 valence electrons. The van der Waals surface area contributed by atoms with Crippen molar-refractivity contribution in [2.75, 3.05) is 0 Å². The summed E-state index contributed by atoms with van der Waals surface area (Å²) in [5.74, 6) is 1.85. The van der Waals surface area contributed by atoms with Gasteiger partial charge in [-0.3, -0.25) is 0 Å². The Morgan fingerprint density at radius 3 is 1.24 bits per heavy atom. The second kappa shape index (κ2) is 14.7. The maximum atomic E-state index is 5.22. The summed E-state index contributed by atoms with van der Waals surface area (Å²) in [4.78, 5) is 15.5. The predicted octanol–water partition coefficient (Wildman–Crippen LogP) is 14.4. The van der Waals surface area contributed by atoms with Gasteiger partial charge in [-0.25, -0.2) is 15.0 Å². The molecule has 12 aromatic rings. The average molecular weight is 792 g/mol. The molecular formula is C57H37N5. The SMILES string of the molecule is c1ccc(-c2ccc(-c3nc(-c4ccccc4)nc(-c4ccc(-c5ccccc5)c(-n5c6ccccc6c6ccc(-n7c8ccccc8c8ccccc87)cc65)c4)n3)cc2)cc1. The summed E-state index contributed by atoms with van der Waals surface area (Å²) in [5, 5.41) is 4.85. The van der Waals surface area contributed by atoms with Crippen LogP contribution in [0.4, 0.5) is 0 Å². The molecule has 3 aromatic heterocycles. The average Bonchev–Trinajstić information content (AvgIpc) is 3.87.